The molecular weight excluding hydrogens is 316 g/mol. The van der Waals surface area contributed by atoms with Crippen LogP contribution in [-0.2, 0) is 0 Å². The van der Waals surface area contributed by atoms with Crippen molar-refractivity contribution in [2.24, 2.45) is 0 Å². The van der Waals surface area contributed by atoms with Gasteiger partial charge in [-0.15, -0.1) is 0 Å². The van der Waals surface area contributed by atoms with Crippen molar-refractivity contribution in [3.8, 4) is 5.75 Å². The van der Waals surface area contributed by atoms with Crippen molar-refractivity contribution in [3.05, 3.63) is 24.3 Å². The molecule has 0 spiro atoms. The first-order valence-corrected chi connectivity index (χ1v) is 9.14. The molecule has 2 rings (SSSR count). The van der Waals surface area contributed by atoms with E-state index in [2.05, 4.69) is 29.2 Å². The maximum absolute atomic E-state index is 12.5. The maximum atomic E-state index is 12.5. The lowest BCUT2D eigenvalue weighted by atomic mass is 10.2. The summed E-state index contributed by atoms with van der Waals surface area (Å²) in [5.74, 6) is 0.716. The highest BCUT2D eigenvalue weighted by atomic mass is 16.5. The molecule has 1 heterocycles. The summed E-state index contributed by atoms with van der Waals surface area (Å²) >= 11 is 0. The Hall–Kier alpha value is -1.79. The average Bonchev–Trinajstić information content (AvgIpc) is 2.56. The lowest BCUT2D eigenvalue weighted by Gasteiger charge is -2.35. The number of urea groups is 1. The molecule has 1 aliphatic heterocycles. The molecule has 1 fully saturated rings. The van der Waals surface area contributed by atoms with Crippen LogP contribution in [0.4, 0.5) is 10.5 Å². The van der Waals surface area contributed by atoms with Crippen molar-refractivity contribution < 1.29 is 9.53 Å². The molecule has 1 aromatic carbocycles. The summed E-state index contributed by atoms with van der Waals surface area (Å²) in [6.07, 6.45) is 1.24. The van der Waals surface area contributed by atoms with Crippen LogP contribution in [0.1, 0.15) is 20.3 Å². The van der Waals surface area contributed by atoms with Gasteiger partial charge in [-0.1, -0.05) is 12.1 Å². The van der Waals surface area contributed by atoms with E-state index in [-0.39, 0.29) is 12.1 Å². The van der Waals surface area contributed by atoms with E-state index in [9.17, 15) is 4.79 Å². The molecule has 140 valence electrons. The number of benzene rings is 1. The van der Waals surface area contributed by atoms with Crippen LogP contribution >= 0.6 is 0 Å². The van der Waals surface area contributed by atoms with Gasteiger partial charge < -0.3 is 19.9 Å². The summed E-state index contributed by atoms with van der Waals surface area (Å²) in [7, 11) is 4.20. The second-order valence-electron chi connectivity index (χ2n) is 7.08. The summed E-state index contributed by atoms with van der Waals surface area (Å²) in [4.78, 5) is 19.1. The van der Waals surface area contributed by atoms with Gasteiger partial charge in [-0.05, 0) is 59.6 Å². The van der Waals surface area contributed by atoms with E-state index in [4.69, 9.17) is 4.74 Å². The number of carbonyl (C=O) groups excluding carboxylic acids is 1. The Labute approximate surface area is 151 Å². The predicted octanol–water partition coefficient (Wildman–Crippen LogP) is 2.58. The van der Waals surface area contributed by atoms with Gasteiger partial charge in [-0.3, -0.25) is 4.90 Å². The third kappa shape index (κ3) is 6.55. The second kappa shape index (κ2) is 9.63. The van der Waals surface area contributed by atoms with E-state index in [1.165, 1.54) is 6.42 Å². The van der Waals surface area contributed by atoms with Crippen LogP contribution in [0.3, 0.4) is 0 Å². The molecule has 25 heavy (non-hydrogen) atoms. The highest BCUT2D eigenvalue weighted by molar-refractivity contribution is 5.91. The Balaban J connectivity index is 1.81. The molecule has 0 atom stereocenters. The molecule has 0 unspecified atom stereocenters. The van der Waals surface area contributed by atoms with Gasteiger partial charge in [0, 0.05) is 26.2 Å². The Morgan fingerprint density at radius 3 is 2.52 bits per heavy atom. The van der Waals surface area contributed by atoms with Crippen LogP contribution in [-0.4, -0.2) is 80.2 Å². The molecule has 0 radical (unpaired) electrons. The topological polar surface area (TPSA) is 48.1 Å². The predicted molar refractivity (Wildman–Crippen MR) is 102 cm³/mol. The fraction of sp³-hybridized carbons (Fsp3) is 0.632. The fourth-order valence-corrected chi connectivity index (χ4v) is 2.91. The largest absolute Gasteiger partial charge is 0.489 e. The molecule has 1 saturated heterocycles. The molecule has 1 N–H and O–H groups in total. The molecule has 6 heteroatoms. The smallest absolute Gasteiger partial charge is 0.322 e. The van der Waals surface area contributed by atoms with Crippen molar-refractivity contribution in [1.29, 1.82) is 0 Å². The molecule has 1 aromatic rings. The molecule has 0 saturated carbocycles. The highest BCUT2D eigenvalue weighted by Gasteiger charge is 2.21. The third-order valence-electron chi connectivity index (χ3n) is 4.23. The van der Waals surface area contributed by atoms with E-state index < -0.39 is 0 Å². The SMILES string of the molecule is CC(C)Oc1ccccc1NC(=O)N1CCN(CCCN(C)C)CC1. The van der Waals surface area contributed by atoms with Crippen molar-refractivity contribution in [1.82, 2.24) is 14.7 Å². The molecule has 0 bridgehead atoms. The lowest BCUT2D eigenvalue weighted by molar-refractivity contribution is 0.144. The number of rotatable bonds is 7. The Morgan fingerprint density at radius 2 is 1.88 bits per heavy atom. The van der Waals surface area contributed by atoms with Crippen LogP contribution < -0.4 is 10.1 Å². The van der Waals surface area contributed by atoms with Crippen molar-refractivity contribution >= 4 is 11.7 Å². The number of carbonyl (C=O) groups is 1. The van der Waals surface area contributed by atoms with Crippen molar-refractivity contribution in [2.75, 3.05) is 58.7 Å². The first kappa shape index (κ1) is 19.5. The minimum atomic E-state index is -0.0484. The first-order chi connectivity index (χ1) is 12.0. The highest BCUT2D eigenvalue weighted by Crippen LogP contribution is 2.25. The summed E-state index contributed by atoms with van der Waals surface area (Å²) < 4.78 is 5.77. The lowest BCUT2D eigenvalue weighted by Crippen LogP contribution is -2.50. The summed E-state index contributed by atoms with van der Waals surface area (Å²) in [6.45, 7) is 9.56. The van der Waals surface area contributed by atoms with Crippen molar-refractivity contribution in [3.63, 3.8) is 0 Å². The molecule has 6 nitrogen and oxygen atoms in total. The van der Waals surface area contributed by atoms with Crippen LogP contribution in [0.15, 0.2) is 24.3 Å². The Bertz CT molecular complexity index is 540. The number of amides is 2. The van der Waals surface area contributed by atoms with E-state index in [1.54, 1.807) is 0 Å². The van der Waals surface area contributed by atoms with Crippen LogP contribution in [0.2, 0.25) is 0 Å². The number of nitrogens with one attached hydrogen (secondary N) is 1. The zero-order valence-electron chi connectivity index (χ0n) is 16.0. The minimum absolute atomic E-state index is 0.0484. The van der Waals surface area contributed by atoms with Crippen LogP contribution in [0, 0.1) is 0 Å². The normalized spacial score (nSPS) is 15.7. The molecule has 0 aliphatic carbocycles. The molecule has 1 aliphatic rings. The van der Waals surface area contributed by atoms with Gasteiger partial charge in [0.25, 0.3) is 0 Å². The number of anilines is 1. The van der Waals surface area contributed by atoms with E-state index in [0.717, 1.165) is 45.0 Å². The Morgan fingerprint density at radius 1 is 1.20 bits per heavy atom. The molecular formula is C19H32N4O2. The number of para-hydroxylation sites is 2. The van der Waals surface area contributed by atoms with E-state index >= 15 is 0 Å². The number of nitrogens with zero attached hydrogens (tertiary/aromatic N) is 3. The summed E-state index contributed by atoms with van der Waals surface area (Å²) in [5, 5.41) is 3.00. The Kier molecular flexibility index (Phi) is 7.52. The fourth-order valence-electron chi connectivity index (χ4n) is 2.91. The monoisotopic (exact) mass is 348 g/mol. The third-order valence-corrected chi connectivity index (χ3v) is 4.23. The number of hydrogen-bond acceptors (Lipinski definition) is 4. The first-order valence-electron chi connectivity index (χ1n) is 9.14. The van der Waals surface area contributed by atoms with Gasteiger partial charge >= 0.3 is 6.03 Å². The van der Waals surface area contributed by atoms with E-state index in [1.807, 2.05) is 43.0 Å². The number of piperazine rings is 1. The second-order valence-corrected chi connectivity index (χ2v) is 7.08. The van der Waals surface area contributed by atoms with Gasteiger partial charge in [0.05, 0.1) is 11.8 Å². The summed E-state index contributed by atoms with van der Waals surface area (Å²) in [5.41, 5.74) is 0.731. The van der Waals surface area contributed by atoms with Gasteiger partial charge in [0.15, 0.2) is 0 Å². The molecule has 2 amide bonds. The van der Waals surface area contributed by atoms with E-state index in [0.29, 0.717) is 5.75 Å². The van der Waals surface area contributed by atoms with Gasteiger partial charge in [-0.25, -0.2) is 4.79 Å². The van der Waals surface area contributed by atoms with Crippen molar-refractivity contribution in [2.45, 2.75) is 26.4 Å². The van der Waals surface area contributed by atoms with Gasteiger partial charge in [0.1, 0.15) is 5.75 Å². The van der Waals surface area contributed by atoms with Gasteiger partial charge in [0.2, 0.25) is 0 Å². The standard InChI is InChI=1S/C19H32N4O2/c1-16(2)25-18-9-6-5-8-17(18)20-19(24)23-14-12-22(13-15-23)11-7-10-21(3)4/h5-6,8-9,16H,7,10-15H2,1-4H3,(H,20,24). The van der Waals surface area contributed by atoms with Crippen LogP contribution in [0.5, 0.6) is 5.75 Å². The van der Waals surface area contributed by atoms with Crippen LogP contribution in [0.25, 0.3) is 0 Å². The quantitative estimate of drug-likeness (QED) is 0.823. The number of hydrogen-bond donors (Lipinski definition) is 1. The molecule has 0 aromatic heterocycles. The number of ether oxygens (including phenoxy) is 1. The van der Waals surface area contributed by atoms with Gasteiger partial charge in [-0.2, -0.15) is 0 Å². The average molecular weight is 348 g/mol. The maximum Gasteiger partial charge on any atom is 0.322 e. The zero-order chi connectivity index (χ0) is 18.2. The zero-order valence-corrected chi connectivity index (χ0v) is 16.0. The minimum Gasteiger partial charge on any atom is -0.489 e. The summed E-state index contributed by atoms with van der Waals surface area (Å²) in [6, 6.07) is 7.55.